The lowest BCUT2D eigenvalue weighted by Crippen LogP contribution is -2.32. The molecule has 0 spiro atoms. The molecule has 0 unspecified atom stereocenters. The molecular weight excluding hydrogens is 330 g/mol. The first-order valence-corrected chi connectivity index (χ1v) is 7.04. The molecule has 0 aromatic heterocycles. The van der Waals surface area contributed by atoms with E-state index >= 15 is 0 Å². The highest BCUT2D eigenvalue weighted by atomic mass is 79.9. The zero-order valence-electron chi connectivity index (χ0n) is 11.2. The van der Waals surface area contributed by atoms with Crippen LogP contribution in [0.15, 0.2) is 28.7 Å². The van der Waals surface area contributed by atoms with Crippen LogP contribution in [0.1, 0.15) is 26.3 Å². The summed E-state index contributed by atoms with van der Waals surface area (Å²) >= 11 is 9.49. The smallest absolute Gasteiger partial charge is 0.407 e. The minimum absolute atomic E-state index is 0.382. The third-order valence-electron chi connectivity index (χ3n) is 2.05. The van der Waals surface area contributed by atoms with Crippen LogP contribution in [-0.2, 0) is 4.74 Å². The van der Waals surface area contributed by atoms with E-state index in [1.165, 1.54) is 0 Å². The van der Waals surface area contributed by atoms with Crippen LogP contribution in [0.2, 0.25) is 5.02 Å². The Balaban J connectivity index is 2.49. The Morgan fingerprint density at radius 2 is 2.16 bits per heavy atom. The number of ether oxygens (including phenoxy) is 1. The van der Waals surface area contributed by atoms with Gasteiger partial charge in [0.25, 0.3) is 0 Å². The van der Waals surface area contributed by atoms with Crippen LogP contribution in [0.4, 0.5) is 4.79 Å². The summed E-state index contributed by atoms with van der Waals surface area (Å²) in [6.07, 6.45) is 3.23. The molecule has 0 aliphatic heterocycles. The first kappa shape index (κ1) is 16.1. The molecule has 19 heavy (non-hydrogen) atoms. The van der Waals surface area contributed by atoms with E-state index in [2.05, 4.69) is 21.2 Å². The van der Waals surface area contributed by atoms with Crippen molar-refractivity contribution in [2.24, 2.45) is 0 Å². The van der Waals surface area contributed by atoms with Crippen molar-refractivity contribution in [1.82, 2.24) is 5.32 Å². The van der Waals surface area contributed by atoms with Gasteiger partial charge in [0.1, 0.15) is 5.60 Å². The Morgan fingerprint density at radius 1 is 1.47 bits per heavy atom. The van der Waals surface area contributed by atoms with Gasteiger partial charge in [-0.15, -0.1) is 0 Å². The van der Waals surface area contributed by atoms with Crippen molar-refractivity contribution in [3.8, 4) is 0 Å². The molecule has 0 fully saturated rings. The summed E-state index contributed by atoms with van der Waals surface area (Å²) in [4.78, 5) is 11.4. The van der Waals surface area contributed by atoms with Crippen LogP contribution < -0.4 is 5.32 Å². The number of hydrogen-bond acceptors (Lipinski definition) is 2. The van der Waals surface area contributed by atoms with E-state index in [-0.39, 0.29) is 0 Å². The Morgan fingerprint density at radius 3 is 2.74 bits per heavy atom. The number of rotatable bonds is 3. The average Bonchev–Trinajstić information content (AvgIpc) is 2.25. The van der Waals surface area contributed by atoms with Gasteiger partial charge in [-0.2, -0.15) is 0 Å². The average molecular weight is 347 g/mol. The number of carbonyl (C=O) groups excluding carboxylic acids is 1. The van der Waals surface area contributed by atoms with Gasteiger partial charge in [0.05, 0.1) is 0 Å². The summed E-state index contributed by atoms with van der Waals surface area (Å²) in [5, 5.41) is 3.30. The van der Waals surface area contributed by atoms with Crippen molar-refractivity contribution in [1.29, 1.82) is 0 Å². The highest BCUT2D eigenvalue weighted by Gasteiger charge is 2.14. The molecule has 0 saturated carbocycles. The Labute approximate surface area is 127 Å². The van der Waals surface area contributed by atoms with E-state index in [1.807, 2.05) is 51.1 Å². The van der Waals surface area contributed by atoms with Gasteiger partial charge in [-0.25, -0.2) is 4.79 Å². The largest absolute Gasteiger partial charge is 0.444 e. The molecule has 1 N–H and O–H groups in total. The maximum Gasteiger partial charge on any atom is 0.407 e. The van der Waals surface area contributed by atoms with E-state index in [4.69, 9.17) is 16.3 Å². The highest BCUT2D eigenvalue weighted by molar-refractivity contribution is 9.10. The summed E-state index contributed by atoms with van der Waals surface area (Å²) in [6.45, 7) is 5.85. The van der Waals surface area contributed by atoms with Crippen LogP contribution in [0.5, 0.6) is 0 Å². The van der Waals surface area contributed by atoms with Crippen molar-refractivity contribution >= 4 is 39.7 Å². The topological polar surface area (TPSA) is 38.3 Å². The van der Waals surface area contributed by atoms with Gasteiger partial charge in [0.2, 0.25) is 0 Å². The third kappa shape index (κ3) is 6.12. The minimum Gasteiger partial charge on any atom is -0.444 e. The molecular formula is C14H17BrClNO2. The highest BCUT2D eigenvalue weighted by Crippen LogP contribution is 2.25. The number of alkyl carbamates (subject to hydrolysis) is 1. The molecule has 0 heterocycles. The molecule has 0 aliphatic carbocycles. The van der Waals surface area contributed by atoms with Gasteiger partial charge in [0.15, 0.2) is 0 Å². The fourth-order valence-electron chi connectivity index (χ4n) is 1.30. The molecule has 1 rings (SSSR count). The van der Waals surface area contributed by atoms with Gasteiger partial charge in [-0.05, 0) is 32.9 Å². The summed E-state index contributed by atoms with van der Waals surface area (Å²) < 4.78 is 6.03. The number of benzene rings is 1. The van der Waals surface area contributed by atoms with Crippen molar-refractivity contribution in [2.75, 3.05) is 6.54 Å². The second-order valence-electron chi connectivity index (χ2n) is 4.92. The van der Waals surface area contributed by atoms with Gasteiger partial charge in [0, 0.05) is 21.6 Å². The zero-order chi connectivity index (χ0) is 14.5. The molecule has 0 bridgehead atoms. The third-order valence-corrected chi connectivity index (χ3v) is 3.07. The molecule has 1 aromatic rings. The predicted molar refractivity (Wildman–Crippen MR) is 82.4 cm³/mol. The quantitative estimate of drug-likeness (QED) is 0.866. The molecule has 0 aliphatic rings. The molecule has 1 aromatic carbocycles. The van der Waals surface area contributed by atoms with Crippen molar-refractivity contribution < 1.29 is 9.53 Å². The van der Waals surface area contributed by atoms with Crippen LogP contribution in [0.3, 0.4) is 0 Å². The van der Waals surface area contributed by atoms with Gasteiger partial charge in [-0.1, -0.05) is 45.7 Å². The summed E-state index contributed by atoms with van der Waals surface area (Å²) in [5.41, 5.74) is 0.398. The molecule has 0 atom stereocenters. The van der Waals surface area contributed by atoms with Crippen molar-refractivity contribution in [3.63, 3.8) is 0 Å². The first-order chi connectivity index (χ1) is 8.79. The van der Waals surface area contributed by atoms with Crippen LogP contribution in [-0.4, -0.2) is 18.2 Å². The standard InChI is InChI=1S/C14H17BrClNO2/c1-14(2,3)19-13(18)17-9-5-6-10-11(15)7-4-8-12(10)16/h4-8H,9H2,1-3H3,(H,17,18). The number of nitrogens with one attached hydrogen (secondary N) is 1. The molecule has 104 valence electrons. The van der Waals surface area contributed by atoms with Crippen LogP contribution in [0.25, 0.3) is 6.08 Å². The lowest BCUT2D eigenvalue weighted by Gasteiger charge is -2.19. The fourth-order valence-corrected chi connectivity index (χ4v) is 2.15. The Hall–Kier alpha value is -1.000. The van der Waals surface area contributed by atoms with E-state index in [0.29, 0.717) is 11.6 Å². The fraction of sp³-hybridized carbons (Fsp3) is 0.357. The predicted octanol–water partition coefficient (Wildman–Crippen LogP) is 4.64. The van der Waals surface area contributed by atoms with Crippen molar-refractivity contribution in [2.45, 2.75) is 26.4 Å². The summed E-state index contributed by atoms with van der Waals surface area (Å²) in [5.74, 6) is 0. The van der Waals surface area contributed by atoms with E-state index in [1.54, 1.807) is 0 Å². The summed E-state index contributed by atoms with van der Waals surface area (Å²) in [7, 11) is 0. The number of halogens is 2. The van der Waals surface area contributed by atoms with Crippen molar-refractivity contribution in [3.05, 3.63) is 39.3 Å². The van der Waals surface area contributed by atoms with Crippen LogP contribution in [0, 0.1) is 0 Å². The van der Waals surface area contributed by atoms with E-state index < -0.39 is 11.7 Å². The molecule has 0 saturated heterocycles. The second-order valence-corrected chi connectivity index (χ2v) is 6.18. The molecule has 1 amide bonds. The lowest BCUT2D eigenvalue weighted by atomic mass is 10.2. The Bertz CT molecular complexity index is 461. The molecule has 0 radical (unpaired) electrons. The monoisotopic (exact) mass is 345 g/mol. The SMILES string of the molecule is CC(C)(C)OC(=O)NCC=Cc1c(Cl)cccc1Br. The summed E-state index contributed by atoms with van der Waals surface area (Å²) in [6, 6.07) is 5.59. The zero-order valence-corrected chi connectivity index (χ0v) is 13.5. The number of carbonyl (C=O) groups is 1. The second kappa shape index (κ2) is 6.96. The Kier molecular flexibility index (Phi) is 5.88. The van der Waals surface area contributed by atoms with Gasteiger partial charge in [-0.3, -0.25) is 0 Å². The lowest BCUT2D eigenvalue weighted by molar-refractivity contribution is 0.0534. The minimum atomic E-state index is -0.487. The van der Waals surface area contributed by atoms with E-state index in [9.17, 15) is 4.79 Å². The van der Waals surface area contributed by atoms with Gasteiger partial charge < -0.3 is 10.1 Å². The number of hydrogen-bond donors (Lipinski definition) is 1. The molecule has 3 nitrogen and oxygen atoms in total. The molecule has 5 heteroatoms. The van der Waals surface area contributed by atoms with E-state index in [0.717, 1.165) is 10.0 Å². The first-order valence-electron chi connectivity index (χ1n) is 5.87. The maximum absolute atomic E-state index is 11.4. The van der Waals surface area contributed by atoms with Crippen LogP contribution >= 0.6 is 27.5 Å². The normalized spacial score (nSPS) is 11.6. The maximum atomic E-state index is 11.4. The van der Waals surface area contributed by atoms with Gasteiger partial charge >= 0.3 is 6.09 Å². The number of amides is 1.